The maximum Gasteiger partial charge on any atom is 0.334 e. The van der Waals surface area contributed by atoms with E-state index in [0.717, 1.165) is 5.69 Å². The highest BCUT2D eigenvalue weighted by atomic mass is 35.5. The van der Waals surface area contributed by atoms with Crippen LogP contribution in [0.2, 0.25) is 5.02 Å². The first-order chi connectivity index (χ1) is 7.66. The van der Waals surface area contributed by atoms with Crippen LogP contribution < -0.4 is 4.90 Å². The van der Waals surface area contributed by atoms with Gasteiger partial charge in [0, 0.05) is 17.3 Å². The largest absolute Gasteiger partial charge is 0.479 e. The topological polar surface area (TPSA) is 49.8 Å². The molecule has 0 radical (unpaired) electrons. The molecule has 0 bridgehead atoms. The van der Waals surface area contributed by atoms with Gasteiger partial charge in [0.2, 0.25) is 0 Å². The van der Waals surface area contributed by atoms with Crippen LogP contribution in [-0.4, -0.2) is 36.9 Å². The molecule has 1 heterocycles. The molecule has 4 nitrogen and oxygen atoms in total. The van der Waals surface area contributed by atoms with Crippen LogP contribution in [0.1, 0.15) is 0 Å². The smallest absolute Gasteiger partial charge is 0.334 e. The first-order valence-corrected chi connectivity index (χ1v) is 5.39. The van der Waals surface area contributed by atoms with Crippen LogP contribution in [0, 0.1) is 0 Å². The van der Waals surface area contributed by atoms with Gasteiger partial charge in [-0.25, -0.2) is 4.79 Å². The third-order valence-corrected chi connectivity index (χ3v) is 2.75. The molecule has 86 valence electrons. The van der Waals surface area contributed by atoms with E-state index in [1.165, 1.54) is 0 Å². The Hall–Kier alpha value is -1.26. The molecule has 1 fully saturated rings. The van der Waals surface area contributed by atoms with Crippen molar-refractivity contribution in [1.29, 1.82) is 0 Å². The molecule has 0 amide bonds. The standard InChI is InChI=1S/C11H12ClNO3/c12-8-2-1-3-9(6-8)13-4-5-16-10(7-13)11(14)15/h1-3,6,10H,4-5,7H2,(H,14,15)/t10-/m1/s1. The zero-order chi connectivity index (χ0) is 11.5. The Bertz CT molecular complexity index is 397. The summed E-state index contributed by atoms with van der Waals surface area (Å²) in [5.41, 5.74) is 0.932. The molecule has 5 heteroatoms. The van der Waals surface area contributed by atoms with E-state index in [1.807, 2.05) is 23.1 Å². The summed E-state index contributed by atoms with van der Waals surface area (Å²) in [6, 6.07) is 7.38. The number of carbonyl (C=O) groups is 1. The zero-order valence-corrected chi connectivity index (χ0v) is 9.35. The summed E-state index contributed by atoms with van der Waals surface area (Å²) < 4.78 is 5.15. The predicted octanol–water partition coefficient (Wildman–Crippen LogP) is 1.63. The van der Waals surface area contributed by atoms with Crippen LogP contribution in [-0.2, 0) is 9.53 Å². The Labute approximate surface area is 98.4 Å². The third kappa shape index (κ3) is 2.46. The van der Waals surface area contributed by atoms with Crippen molar-refractivity contribution in [2.45, 2.75) is 6.10 Å². The Kier molecular flexibility index (Phi) is 3.31. The van der Waals surface area contributed by atoms with Crippen molar-refractivity contribution in [1.82, 2.24) is 0 Å². The average molecular weight is 242 g/mol. The summed E-state index contributed by atoms with van der Waals surface area (Å²) in [5, 5.41) is 9.53. The van der Waals surface area contributed by atoms with Crippen LogP contribution in [0.5, 0.6) is 0 Å². The number of carboxylic acid groups (broad SMARTS) is 1. The maximum atomic E-state index is 10.8. The number of anilines is 1. The number of aliphatic carboxylic acids is 1. The normalized spacial score (nSPS) is 20.8. The van der Waals surface area contributed by atoms with E-state index in [9.17, 15) is 4.79 Å². The number of carboxylic acids is 1. The van der Waals surface area contributed by atoms with Crippen LogP contribution in [0.25, 0.3) is 0 Å². The van der Waals surface area contributed by atoms with Gasteiger partial charge >= 0.3 is 5.97 Å². The number of ether oxygens (including phenoxy) is 1. The van der Waals surface area contributed by atoms with Gasteiger partial charge in [0.15, 0.2) is 6.10 Å². The van der Waals surface area contributed by atoms with Gasteiger partial charge in [-0.05, 0) is 18.2 Å². The monoisotopic (exact) mass is 241 g/mol. The summed E-state index contributed by atoms with van der Waals surface area (Å²) in [6.07, 6.45) is -0.757. The highest BCUT2D eigenvalue weighted by Gasteiger charge is 2.26. The van der Waals surface area contributed by atoms with Crippen molar-refractivity contribution in [2.75, 3.05) is 24.6 Å². The molecule has 1 N–H and O–H groups in total. The van der Waals surface area contributed by atoms with E-state index >= 15 is 0 Å². The van der Waals surface area contributed by atoms with Gasteiger partial charge in [0.25, 0.3) is 0 Å². The Morgan fingerprint density at radius 2 is 2.38 bits per heavy atom. The highest BCUT2D eigenvalue weighted by Crippen LogP contribution is 2.21. The molecule has 1 aliphatic rings. The second-order valence-corrected chi connectivity index (χ2v) is 4.06. The van der Waals surface area contributed by atoms with E-state index < -0.39 is 12.1 Å². The van der Waals surface area contributed by atoms with Gasteiger partial charge in [0.05, 0.1) is 13.2 Å². The van der Waals surface area contributed by atoms with Crippen LogP contribution >= 0.6 is 11.6 Å². The Morgan fingerprint density at radius 1 is 1.56 bits per heavy atom. The summed E-state index contributed by atoms with van der Waals surface area (Å²) in [4.78, 5) is 12.8. The summed E-state index contributed by atoms with van der Waals surface area (Å²) >= 11 is 5.89. The summed E-state index contributed by atoms with van der Waals surface area (Å²) in [7, 11) is 0. The fourth-order valence-corrected chi connectivity index (χ4v) is 1.89. The Morgan fingerprint density at radius 3 is 3.06 bits per heavy atom. The molecule has 0 saturated carbocycles. The molecule has 1 aliphatic heterocycles. The molecule has 1 saturated heterocycles. The van der Waals surface area contributed by atoms with Gasteiger partial charge in [-0.15, -0.1) is 0 Å². The zero-order valence-electron chi connectivity index (χ0n) is 8.60. The predicted molar refractivity (Wildman–Crippen MR) is 61.0 cm³/mol. The molecule has 0 aromatic heterocycles. The fourth-order valence-electron chi connectivity index (χ4n) is 1.71. The first kappa shape index (κ1) is 11.2. The molecule has 1 aromatic carbocycles. The summed E-state index contributed by atoms with van der Waals surface area (Å²) in [6.45, 7) is 1.46. The second-order valence-electron chi connectivity index (χ2n) is 3.62. The van der Waals surface area contributed by atoms with E-state index in [1.54, 1.807) is 6.07 Å². The minimum absolute atomic E-state index is 0.357. The van der Waals surface area contributed by atoms with Crippen molar-refractivity contribution in [2.24, 2.45) is 0 Å². The lowest BCUT2D eigenvalue weighted by Gasteiger charge is -2.32. The Balaban J connectivity index is 2.12. The number of morpholine rings is 1. The minimum Gasteiger partial charge on any atom is -0.479 e. The number of rotatable bonds is 2. The molecule has 1 aromatic rings. The number of halogens is 1. The number of hydrogen-bond acceptors (Lipinski definition) is 3. The summed E-state index contributed by atoms with van der Waals surface area (Å²) in [5.74, 6) is -0.924. The first-order valence-electron chi connectivity index (χ1n) is 5.02. The number of benzene rings is 1. The molecule has 16 heavy (non-hydrogen) atoms. The van der Waals surface area contributed by atoms with Crippen molar-refractivity contribution in [3.8, 4) is 0 Å². The van der Waals surface area contributed by atoms with Crippen LogP contribution in [0.15, 0.2) is 24.3 Å². The van der Waals surface area contributed by atoms with Crippen LogP contribution in [0.4, 0.5) is 5.69 Å². The SMILES string of the molecule is O=C(O)[C@H]1CN(c2cccc(Cl)c2)CCO1. The van der Waals surface area contributed by atoms with Gasteiger partial charge in [-0.3, -0.25) is 0 Å². The van der Waals surface area contributed by atoms with Gasteiger partial charge in [0.1, 0.15) is 0 Å². The average Bonchev–Trinajstić information content (AvgIpc) is 2.29. The van der Waals surface area contributed by atoms with Gasteiger partial charge in [-0.2, -0.15) is 0 Å². The lowest BCUT2D eigenvalue weighted by Crippen LogP contribution is -2.46. The van der Waals surface area contributed by atoms with E-state index in [-0.39, 0.29) is 0 Å². The van der Waals surface area contributed by atoms with Crippen molar-refractivity contribution < 1.29 is 14.6 Å². The molecule has 0 unspecified atom stereocenters. The molecule has 2 rings (SSSR count). The third-order valence-electron chi connectivity index (χ3n) is 2.52. The molecule has 1 atom stereocenters. The minimum atomic E-state index is -0.924. The number of nitrogens with zero attached hydrogens (tertiary/aromatic N) is 1. The molecule has 0 spiro atoms. The lowest BCUT2D eigenvalue weighted by molar-refractivity contribution is -0.150. The van der Waals surface area contributed by atoms with Crippen LogP contribution in [0.3, 0.4) is 0 Å². The maximum absolute atomic E-state index is 10.8. The van der Waals surface area contributed by atoms with E-state index in [4.69, 9.17) is 21.4 Å². The lowest BCUT2D eigenvalue weighted by atomic mass is 10.2. The van der Waals surface area contributed by atoms with Gasteiger partial charge < -0.3 is 14.7 Å². The quantitative estimate of drug-likeness (QED) is 0.855. The molecular formula is C11H12ClNO3. The molecular weight excluding hydrogens is 230 g/mol. The van der Waals surface area contributed by atoms with Crippen molar-refractivity contribution in [3.05, 3.63) is 29.3 Å². The second kappa shape index (κ2) is 4.72. The highest BCUT2D eigenvalue weighted by molar-refractivity contribution is 6.30. The van der Waals surface area contributed by atoms with Gasteiger partial charge in [-0.1, -0.05) is 17.7 Å². The van der Waals surface area contributed by atoms with E-state index in [0.29, 0.717) is 24.7 Å². The van der Waals surface area contributed by atoms with E-state index in [2.05, 4.69) is 0 Å². The van der Waals surface area contributed by atoms with Crippen molar-refractivity contribution in [3.63, 3.8) is 0 Å². The molecule has 0 aliphatic carbocycles. The number of hydrogen-bond donors (Lipinski definition) is 1. The fraction of sp³-hybridized carbons (Fsp3) is 0.364. The van der Waals surface area contributed by atoms with Crippen molar-refractivity contribution >= 4 is 23.3 Å².